The second-order valence-electron chi connectivity index (χ2n) is 8.56. The number of rotatable bonds is 3. The molecule has 0 spiro atoms. The highest BCUT2D eigenvalue weighted by Gasteiger charge is 2.49. The molecule has 3 N–H and O–H groups in total. The highest BCUT2D eigenvalue weighted by Crippen LogP contribution is 2.38. The minimum Gasteiger partial charge on any atom is -0.386 e. The number of fused-ring (bicyclic) bond motifs is 1. The van der Waals surface area contributed by atoms with E-state index in [9.17, 15) is 22.0 Å². The summed E-state index contributed by atoms with van der Waals surface area (Å²) in [6.45, 7) is 4.27. The van der Waals surface area contributed by atoms with E-state index in [-0.39, 0.29) is 23.4 Å². The van der Waals surface area contributed by atoms with Crippen molar-refractivity contribution in [3.8, 4) is 0 Å². The van der Waals surface area contributed by atoms with Crippen molar-refractivity contribution in [2.45, 2.75) is 37.5 Å². The second kappa shape index (κ2) is 7.16. The predicted octanol–water partition coefficient (Wildman–Crippen LogP) is 1.97. The Morgan fingerprint density at radius 2 is 1.91 bits per heavy atom. The Morgan fingerprint density at radius 1 is 1.19 bits per heavy atom. The van der Waals surface area contributed by atoms with E-state index < -0.39 is 37.5 Å². The van der Waals surface area contributed by atoms with Crippen LogP contribution < -0.4 is 11.3 Å². The third kappa shape index (κ3) is 3.46. The van der Waals surface area contributed by atoms with Crippen molar-refractivity contribution in [1.82, 2.24) is 15.0 Å². The average Bonchev–Trinajstić information content (AvgIpc) is 2.68. The number of benzene rings is 1. The first-order valence-electron chi connectivity index (χ1n) is 9.73. The number of aliphatic imine (C=N–C) groups is 1. The fourth-order valence-corrected chi connectivity index (χ4v) is 5.46. The smallest absolute Gasteiger partial charge is 0.266 e. The lowest BCUT2D eigenvalue weighted by atomic mass is 9.90. The van der Waals surface area contributed by atoms with Gasteiger partial charge in [0.05, 0.1) is 23.2 Å². The molecule has 1 aromatic carbocycles. The molecular formula is C21H21F2N5O3S. The van der Waals surface area contributed by atoms with Crippen LogP contribution in [0.5, 0.6) is 0 Å². The number of nitrogens with two attached hydrogens (primary N) is 1. The van der Waals surface area contributed by atoms with Gasteiger partial charge in [0.25, 0.3) is 5.56 Å². The largest absolute Gasteiger partial charge is 0.386 e. The number of halogens is 2. The van der Waals surface area contributed by atoms with Crippen LogP contribution in [-0.2, 0) is 21.8 Å². The molecule has 0 fully saturated rings. The molecule has 1 aliphatic rings. The first-order chi connectivity index (χ1) is 14.8. The highest BCUT2D eigenvalue weighted by molar-refractivity contribution is 7.93. The van der Waals surface area contributed by atoms with Crippen LogP contribution in [0.3, 0.4) is 0 Å². The van der Waals surface area contributed by atoms with Gasteiger partial charge >= 0.3 is 0 Å². The first-order valence-corrected chi connectivity index (χ1v) is 11.4. The molecule has 0 amide bonds. The van der Waals surface area contributed by atoms with Crippen LogP contribution in [0.4, 0.5) is 8.78 Å². The van der Waals surface area contributed by atoms with Gasteiger partial charge in [0.1, 0.15) is 21.6 Å². The van der Waals surface area contributed by atoms with E-state index in [0.29, 0.717) is 22.3 Å². The molecule has 1 aliphatic heterocycles. The molecule has 32 heavy (non-hydrogen) atoms. The van der Waals surface area contributed by atoms with Crippen molar-refractivity contribution in [3.05, 3.63) is 69.4 Å². The quantitative estimate of drug-likeness (QED) is 0.613. The van der Waals surface area contributed by atoms with Crippen LogP contribution >= 0.6 is 0 Å². The lowest BCUT2D eigenvalue weighted by molar-refractivity contribution is 0.444. The molecule has 0 unspecified atom stereocenters. The Morgan fingerprint density at radius 3 is 2.59 bits per heavy atom. The summed E-state index contributed by atoms with van der Waals surface area (Å²) in [5.74, 6) is -3.02. The van der Waals surface area contributed by atoms with E-state index in [1.165, 1.54) is 33.0 Å². The number of aromatic nitrogens is 3. The molecule has 1 atom stereocenters. The summed E-state index contributed by atoms with van der Waals surface area (Å²) in [5.41, 5.74) is 5.37. The first kappa shape index (κ1) is 22.0. The molecule has 0 radical (unpaired) electrons. The van der Waals surface area contributed by atoms with Crippen LogP contribution in [0.15, 0.2) is 40.4 Å². The number of hydrogen-bond donors (Lipinski definition) is 2. The van der Waals surface area contributed by atoms with Crippen LogP contribution in [0.25, 0.3) is 11.0 Å². The van der Waals surface area contributed by atoms with Crippen molar-refractivity contribution in [1.29, 1.82) is 0 Å². The standard InChI is InChI=1S/C21H21F2N5O3S/c1-20(2)19(24)28-21(3,10-32(20,30)31)12-6-11(7-13(22)17(12)23)8-15-18-14(4-5-25-15)27-16(29)9-26-18/h4-7,9H,8,10H2,1-3H3,(H2,24,28)(H,27,29)/t21-/m0/s1. The van der Waals surface area contributed by atoms with E-state index in [1.54, 1.807) is 6.07 Å². The van der Waals surface area contributed by atoms with Gasteiger partial charge in [-0.25, -0.2) is 22.2 Å². The number of pyridine rings is 1. The fraction of sp³-hybridized carbons (Fsp3) is 0.333. The van der Waals surface area contributed by atoms with E-state index in [2.05, 4.69) is 19.9 Å². The summed E-state index contributed by atoms with van der Waals surface area (Å²) in [7, 11) is -3.80. The summed E-state index contributed by atoms with van der Waals surface area (Å²) in [6.07, 6.45) is 2.64. The molecule has 3 aromatic rings. The maximum absolute atomic E-state index is 14.9. The molecule has 0 aliphatic carbocycles. The molecule has 168 valence electrons. The van der Waals surface area contributed by atoms with Crippen molar-refractivity contribution in [2.24, 2.45) is 10.7 Å². The van der Waals surface area contributed by atoms with E-state index in [1.807, 2.05) is 0 Å². The number of sulfone groups is 1. The van der Waals surface area contributed by atoms with Gasteiger partial charge in [-0.1, -0.05) is 0 Å². The molecule has 3 heterocycles. The number of nitrogens with zero attached hydrogens (tertiary/aromatic N) is 3. The maximum atomic E-state index is 14.9. The number of aromatic amines is 1. The van der Waals surface area contributed by atoms with Gasteiger partial charge in [0.2, 0.25) is 0 Å². The third-order valence-corrected chi connectivity index (χ3v) is 8.55. The monoisotopic (exact) mass is 461 g/mol. The van der Waals surface area contributed by atoms with Gasteiger partial charge in [0, 0.05) is 18.2 Å². The Hall–Kier alpha value is -3.21. The van der Waals surface area contributed by atoms with E-state index in [4.69, 9.17) is 5.73 Å². The molecule has 4 rings (SSSR count). The van der Waals surface area contributed by atoms with E-state index in [0.717, 1.165) is 12.3 Å². The number of H-pyrrole nitrogens is 1. The SMILES string of the molecule is CC1(C)C(N)=N[C@](C)(c2cc(Cc3nccc4[nH]c(=O)cnc34)cc(F)c2F)CS1(=O)=O. The zero-order chi connectivity index (χ0) is 23.5. The van der Waals surface area contributed by atoms with Gasteiger partial charge in [-0.2, -0.15) is 0 Å². The maximum Gasteiger partial charge on any atom is 0.266 e. The summed E-state index contributed by atoms with van der Waals surface area (Å²) in [5, 5.41) is 0. The van der Waals surface area contributed by atoms with E-state index >= 15 is 0 Å². The lowest BCUT2D eigenvalue weighted by Crippen LogP contribution is -2.55. The fourth-order valence-electron chi connectivity index (χ4n) is 3.77. The summed E-state index contributed by atoms with van der Waals surface area (Å²) in [6, 6.07) is 3.97. The minimum atomic E-state index is -3.80. The topological polar surface area (TPSA) is 131 Å². The minimum absolute atomic E-state index is 0.0636. The zero-order valence-electron chi connectivity index (χ0n) is 17.6. The lowest BCUT2D eigenvalue weighted by Gasteiger charge is -2.38. The summed E-state index contributed by atoms with van der Waals surface area (Å²) < 4.78 is 53.7. The van der Waals surface area contributed by atoms with Gasteiger partial charge in [0.15, 0.2) is 21.5 Å². The van der Waals surface area contributed by atoms with Crippen molar-refractivity contribution in [2.75, 3.05) is 5.75 Å². The Kier molecular flexibility index (Phi) is 4.92. The van der Waals surface area contributed by atoms with Crippen LogP contribution in [0, 0.1) is 11.6 Å². The number of hydrogen-bond acceptors (Lipinski definition) is 7. The molecule has 0 bridgehead atoms. The Balaban J connectivity index is 1.84. The van der Waals surface area contributed by atoms with Gasteiger partial charge < -0.3 is 10.7 Å². The van der Waals surface area contributed by atoms with Gasteiger partial charge in [-0.3, -0.25) is 14.8 Å². The summed E-state index contributed by atoms with van der Waals surface area (Å²) in [4.78, 5) is 26.8. The predicted molar refractivity (Wildman–Crippen MR) is 116 cm³/mol. The average molecular weight is 461 g/mol. The number of amidine groups is 1. The molecule has 0 saturated heterocycles. The molecule has 2 aromatic heterocycles. The zero-order valence-corrected chi connectivity index (χ0v) is 18.4. The van der Waals surface area contributed by atoms with Crippen molar-refractivity contribution < 1.29 is 17.2 Å². The molecule has 8 nitrogen and oxygen atoms in total. The normalized spacial score (nSPS) is 22.0. The van der Waals surface area contributed by atoms with Crippen LogP contribution in [-0.4, -0.2) is 39.7 Å². The van der Waals surface area contributed by atoms with Gasteiger partial charge in [-0.15, -0.1) is 0 Å². The Bertz CT molecular complexity index is 1450. The third-order valence-electron chi connectivity index (χ3n) is 5.84. The number of nitrogens with one attached hydrogen (secondary N) is 1. The molecular weight excluding hydrogens is 440 g/mol. The molecule has 0 saturated carbocycles. The Labute approximate surface area is 182 Å². The highest BCUT2D eigenvalue weighted by atomic mass is 32.2. The molecule has 11 heteroatoms. The van der Waals surface area contributed by atoms with Crippen LogP contribution in [0.2, 0.25) is 0 Å². The summed E-state index contributed by atoms with van der Waals surface area (Å²) >= 11 is 0. The second-order valence-corrected chi connectivity index (χ2v) is 11.1. The van der Waals surface area contributed by atoms with Crippen molar-refractivity contribution in [3.63, 3.8) is 0 Å². The van der Waals surface area contributed by atoms with Crippen LogP contribution in [0.1, 0.15) is 37.6 Å². The van der Waals surface area contributed by atoms with Gasteiger partial charge in [-0.05, 0) is 44.5 Å². The van der Waals surface area contributed by atoms with Crippen molar-refractivity contribution >= 4 is 26.7 Å².